The van der Waals surface area contributed by atoms with Gasteiger partial charge in [-0.15, -0.1) is 0 Å². The van der Waals surface area contributed by atoms with Gasteiger partial charge in [0.1, 0.15) is 17.6 Å². The van der Waals surface area contributed by atoms with Gasteiger partial charge in [0.25, 0.3) is 0 Å². The minimum atomic E-state index is -0.832. The van der Waals surface area contributed by atoms with Gasteiger partial charge >= 0.3 is 6.09 Å². The van der Waals surface area contributed by atoms with E-state index < -0.39 is 23.9 Å². The van der Waals surface area contributed by atoms with E-state index in [4.69, 9.17) is 4.74 Å². The van der Waals surface area contributed by atoms with E-state index in [0.29, 0.717) is 0 Å². The molecule has 7 heteroatoms. The molecule has 0 spiro atoms. The molecule has 0 aromatic heterocycles. The predicted octanol–water partition coefficient (Wildman–Crippen LogP) is 0.719. The van der Waals surface area contributed by atoms with Crippen molar-refractivity contribution in [3.8, 4) is 5.75 Å². The van der Waals surface area contributed by atoms with E-state index in [2.05, 4.69) is 10.6 Å². The Hall–Kier alpha value is -2.44. The van der Waals surface area contributed by atoms with Crippen LogP contribution in [0, 0.1) is 5.82 Å². The molecule has 1 heterocycles. The minimum Gasteiger partial charge on any atom is -0.410 e. The number of carbonyl (C=O) groups is 3. The molecule has 1 atom stereocenters. The lowest BCUT2D eigenvalue weighted by atomic mass is 10.1. The Bertz CT molecular complexity index is 515. The number of rotatable bonds is 2. The first-order chi connectivity index (χ1) is 9.04. The molecular formula is C12H11FN2O4. The third-order valence-corrected chi connectivity index (χ3v) is 2.56. The van der Waals surface area contributed by atoms with Gasteiger partial charge in [0.15, 0.2) is 0 Å². The average Bonchev–Trinajstić information content (AvgIpc) is 2.36. The number of imide groups is 1. The van der Waals surface area contributed by atoms with Crippen molar-refractivity contribution in [3.05, 3.63) is 30.1 Å². The minimum absolute atomic E-state index is 0.159. The summed E-state index contributed by atoms with van der Waals surface area (Å²) >= 11 is 0. The molecule has 0 saturated carbocycles. The highest BCUT2D eigenvalue weighted by molar-refractivity contribution is 6.01. The highest BCUT2D eigenvalue weighted by Gasteiger charge is 2.28. The fraction of sp³-hybridized carbons (Fsp3) is 0.250. The quantitative estimate of drug-likeness (QED) is 0.772. The summed E-state index contributed by atoms with van der Waals surface area (Å²) in [5.41, 5.74) is 0. The molecule has 6 nitrogen and oxygen atoms in total. The van der Waals surface area contributed by atoms with Crippen molar-refractivity contribution in [2.45, 2.75) is 18.9 Å². The van der Waals surface area contributed by atoms with Crippen molar-refractivity contribution < 1.29 is 23.5 Å². The van der Waals surface area contributed by atoms with Crippen LogP contribution >= 0.6 is 0 Å². The number of nitrogens with one attached hydrogen (secondary N) is 2. The van der Waals surface area contributed by atoms with Crippen LogP contribution in [0.5, 0.6) is 5.75 Å². The van der Waals surface area contributed by atoms with E-state index in [1.807, 2.05) is 0 Å². The van der Waals surface area contributed by atoms with Crippen molar-refractivity contribution in [3.63, 3.8) is 0 Å². The van der Waals surface area contributed by atoms with E-state index in [9.17, 15) is 18.8 Å². The molecule has 1 aromatic carbocycles. The van der Waals surface area contributed by atoms with Gasteiger partial charge in [-0.25, -0.2) is 9.18 Å². The molecule has 1 saturated heterocycles. The van der Waals surface area contributed by atoms with Crippen molar-refractivity contribution in [1.82, 2.24) is 10.6 Å². The number of halogens is 1. The van der Waals surface area contributed by atoms with Crippen LogP contribution in [-0.4, -0.2) is 23.9 Å². The number of piperidine rings is 1. The van der Waals surface area contributed by atoms with E-state index >= 15 is 0 Å². The Morgan fingerprint density at radius 3 is 2.63 bits per heavy atom. The molecule has 2 rings (SSSR count). The van der Waals surface area contributed by atoms with Gasteiger partial charge in [0.05, 0.1) is 0 Å². The summed E-state index contributed by atoms with van der Waals surface area (Å²) in [4.78, 5) is 33.8. The highest BCUT2D eigenvalue weighted by atomic mass is 19.1. The van der Waals surface area contributed by atoms with Crippen LogP contribution in [0.3, 0.4) is 0 Å². The van der Waals surface area contributed by atoms with Crippen LogP contribution in [0.4, 0.5) is 9.18 Å². The van der Waals surface area contributed by atoms with E-state index in [0.717, 1.165) is 12.1 Å². The summed E-state index contributed by atoms with van der Waals surface area (Å²) < 4.78 is 17.5. The number of hydrogen-bond donors (Lipinski definition) is 2. The molecule has 100 valence electrons. The van der Waals surface area contributed by atoms with Crippen molar-refractivity contribution >= 4 is 17.9 Å². The first-order valence-electron chi connectivity index (χ1n) is 5.62. The van der Waals surface area contributed by atoms with Crippen molar-refractivity contribution in [2.75, 3.05) is 0 Å². The maximum Gasteiger partial charge on any atom is 0.413 e. The summed E-state index contributed by atoms with van der Waals surface area (Å²) in [5, 5.41) is 4.44. The Labute approximate surface area is 107 Å². The van der Waals surface area contributed by atoms with Crippen LogP contribution < -0.4 is 15.4 Å². The summed E-state index contributed by atoms with van der Waals surface area (Å²) in [7, 11) is 0. The molecule has 2 N–H and O–H groups in total. The van der Waals surface area contributed by atoms with Gasteiger partial charge in [-0.3, -0.25) is 14.9 Å². The number of amides is 3. The average molecular weight is 266 g/mol. The SMILES string of the molecule is O=C1CCC(NC(=O)Oc2ccc(F)cc2)C(=O)N1. The molecule has 0 radical (unpaired) electrons. The predicted molar refractivity (Wildman–Crippen MR) is 61.7 cm³/mol. The fourth-order valence-corrected chi connectivity index (χ4v) is 1.61. The Kier molecular flexibility index (Phi) is 3.74. The summed E-state index contributed by atoms with van der Waals surface area (Å²) in [6.45, 7) is 0. The first-order valence-corrected chi connectivity index (χ1v) is 5.62. The number of benzene rings is 1. The Morgan fingerprint density at radius 1 is 1.32 bits per heavy atom. The zero-order valence-corrected chi connectivity index (χ0v) is 9.81. The molecule has 1 unspecified atom stereocenters. The first kappa shape index (κ1) is 13.0. The second-order valence-corrected chi connectivity index (χ2v) is 3.99. The smallest absolute Gasteiger partial charge is 0.410 e. The van der Waals surface area contributed by atoms with Crippen molar-refractivity contribution in [1.29, 1.82) is 0 Å². The van der Waals surface area contributed by atoms with Gasteiger partial charge in [-0.1, -0.05) is 0 Å². The molecule has 1 fully saturated rings. The van der Waals surface area contributed by atoms with Crippen LogP contribution in [0.15, 0.2) is 24.3 Å². The molecule has 1 aliphatic rings. The van der Waals surface area contributed by atoms with Gasteiger partial charge in [0, 0.05) is 6.42 Å². The molecule has 0 aliphatic carbocycles. The molecule has 1 aromatic rings. The van der Waals surface area contributed by atoms with Crippen LogP contribution in [0.2, 0.25) is 0 Å². The van der Waals surface area contributed by atoms with Crippen molar-refractivity contribution in [2.24, 2.45) is 0 Å². The molecule has 19 heavy (non-hydrogen) atoms. The number of carbonyl (C=O) groups excluding carboxylic acids is 3. The standard InChI is InChI=1S/C12H11FN2O4/c13-7-1-3-8(4-2-7)19-12(18)14-9-5-6-10(16)15-11(9)17/h1-4,9H,5-6H2,(H,14,18)(H,15,16,17). The summed E-state index contributed by atoms with van der Waals surface area (Å²) in [6, 6.07) is 4.08. The van der Waals surface area contributed by atoms with Crippen LogP contribution in [0.1, 0.15) is 12.8 Å². The third kappa shape index (κ3) is 3.51. The largest absolute Gasteiger partial charge is 0.413 e. The Morgan fingerprint density at radius 2 is 2.00 bits per heavy atom. The normalized spacial score (nSPS) is 18.7. The lowest BCUT2D eigenvalue weighted by Crippen LogP contribution is -2.52. The topological polar surface area (TPSA) is 84.5 Å². The van der Waals surface area contributed by atoms with Crippen LogP contribution in [-0.2, 0) is 9.59 Å². The van der Waals surface area contributed by atoms with E-state index in [1.54, 1.807) is 0 Å². The zero-order chi connectivity index (χ0) is 13.8. The molecular weight excluding hydrogens is 255 g/mol. The summed E-state index contributed by atoms with van der Waals surface area (Å²) in [5.74, 6) is -1.22. The summed E-state index contributed by atoms with van der Waals surface area (Å²) in [6.07, 6.45) is -0.447. The fourth-order valence-electron chi connectivity index (χ4n) is 1.61. The highest BCUT2D eigenvalue weighted by Crippen LogP contribution is 2.11. The van der Waals surface area contributed by atoms with Gasteiger partial charge < -0.3 is 10.1 Å². The second kappa shape index (κ2) is 5.47. The third-order valence-electron chi connectivity index (χ3n) is 2.56. The monoisotopic (exact) mass is 266 g/mol. The molecule has 1 aliphatic heterocycles. The molecule has 3 amide bonds. The maximum absolute atomic E-state index is 12.6. The van der Waals surface area contributed by atoms with E-state index in [-0.39, 0.29) is 24.5 Å². The maximum atomic E-state index is 12.6. The number of ether oxygens (including phenoxy) is 1. The Balaban J connectivity index is 1.89. The van der Waals surface area contributed by atoms with Gasteiger partial charge in [-0.2, -0.15) is 0 Å². The number of hydrogen-bond acceptors (Lipinski definition) is 4. The van der Waals surface area contributed by atoms with Gasteiger partial charge in [0.2, 0.25) is 11.8 Å². The van der Waals surface area contributed by atoms with Gasteiger partial charge in [-0.05, 0) is 30.7 Å². The molecule has 0 bridgehead atoms. The lowest BCUT2D eigenvalue weighted by Gasteiger charge is -2.21. The van der Waals surface area contributed by atoms with E-state index in [1.165, 1.54) is 12.1 Å². The zero-order valence-electron chi connectivity index (χ0n) is 9.81. The lowest BCUT2D eigenvalue weighted by molar-refractivity contribution is -0.134. The van der Waals surface area contributed by atoms with Crippen LogP contribution in [0.25, 0.3) is 0 Å². The second-order valence-electron chi connectivity index (χ2n) is 3.99.